The molecule has 0 aliphatic rings. The maximum atomic E-state index is 11.2. The zero-order chi connectivity index (χ0) is 15.0. The molecule has 1 N–H and O–H groups in total. The Morgan fingerprint density at radius 3 is 2.15 bits per heavy atom. The van der Waals surface area contributed by atoms with E-state index in [1.165, 1.54) is 18.3 Å². The van der Waals surface area contributed by atoms with Crippen LogP contribution in [-0.4, -0.2) is 16.1 Å². The first-order valence-corrected chi connectivity index (χ1v) is 6.94. The lowest BCUT2D eigenvalue weighted by Crippen LogP contribution is -2.02. The summed E-state index contributed by atoms with van der Waals surface area (Å²) in [4.78, 5) is 15.2. The van der Waals surface area contributed by atoms with Crippen LogP contribution in [0.1, 0.15) is 10.4 Å². The highest BCUT2D eigenvalue weighted by atomic mass is 35.5. The first-order chi connectivity index (χ1) is 9.32. The second-order valence-electron chi connectivity index (χ2n) is 3.70. The fraction of sp³-hybridized carbons (Fsp3) is 0. The Hall–Kier alpha value is -0.710. The van der Waals surface area contributed by atoms with Gasteiger partial charge in [-0.15, -0.1) is 0 Å². The maximum Gasteiger partial charge on any atom is 0.338 e. The average molecular weight is 371 g/mol. The summed E-state index contributed by atoms with van der Waals surface area (Å²) in [5.41, 5.74) is 0.280. The van der Waals surface area contributed by atoms with Crippen molar-refractivity contribution in [1.82, 2.24) is 4.98 Å². The van der Waals surface area contributed by atoms with E-state index in [9.17, 15) is 4.79 Å². The third-order valence-electron chi connectivity index (χ3n) is 2.45. The monoisotopic (exact) mass is 369 g/mol. The number of pyridine rings is 1. The average Bonchev–Trinajstić information content (AvgIpc) is 2.34. The van der Waals surface area contributed by atoms with Crippen LogP contribution in [0.15, 0.2) is 18.3 Å². The molecule has 0 fully saturated rings. The molecule has 2 aromatic rings. The number of aromatic nitrogens is 1. The van der Waals surface area contributed by atoms with Crippen molar-refractivity contribution in [3.63, 3.8) is 0 Å². The number of carboxylic acid groups (broad SMARTS) is 1. The Bertz CT molecular complexity index is 717. The first kappa shape index (κ1) is 15.7. The lowest BCUT2D eigenvalue weighted by atomic mass is 10.1. The van der Waals surface area contributed by atoms with Crippen molar-refractivity contribution in [3.05, 3.63) is 49.0 Å². The van der Waals surface area contributed by atoms with Crippen molar-refractivity contribution in [2.24, 2.45) is 0 Å². The van der Waals surface area contributed by atoms with E-state index in [2.05, 4.69) is 4.98 Å². The Labute approximate surface area is 139 Å². The van der Waals surface area contributed by atoms with Gasteiger partial charge in [0.05, 0.1) is 30.8 Å². The van der Waals surface area contributed by atoms with Gasteiger partial charge in [-0.1, -0.05) is 58.0 Å². The van der Waals surface area contributed by atoms with Crippen LogP contribution in [-0.2, 0) is 0 Å². The summed E-state index contributed by atoms with van der Waals surface area (Å²) in [6.07, 6.45) is 1.19. The summed E-state index contributed by atoms with van der Waals surface area (Å²) in [5.74, 6) is -1.26. The molecule has 0 aliphatic carbocycles. The van der Waals surface area contributed by atoms with Crippen LogP contribution in [0.4, 0.5) is 0 Å². The number of hydrogen-bond donors (Lipinski definition) is 1. The highest BCUT2D eigenvalue weighted by Gasteiger charge is 2.21. The number of hydrogen-bond acceptors (Lipinski definition) is 2. The number of rotatable bonds is 2. The van der Waals surface area contributed by atoms with Gasteiger partial charge in [0.1, 0.15) is 5.56 Å². The summed E-state index contributed by atoms with van der Waals surface area (Å²) < 4.78 is 0. The molecule has 2 rings (SSSR count). The molecule has 0 amide bonds. The third-order valence-corrected chi connectivity index (χ3v) is 4.14. The van der Waals surface area contributed by atoms with Gasteiger partial charge in [0.25, 0.3) is 0 Å². The highest BCUT2D eigenvalue weighted by Crippen LogP contribution is 2.39. The van der Waals surface area contributed by atoms with Crippen molar-refractivity contribution in [2.75, 3.05) is 0 Å². The molecule has 1 heterocycles. The van der Waals surface area contributed by atoms with Crippen LogP contribution >= 0.6 is 58.0 Å². The quantitative estimate of drug-likeness (QED) is 0.688. The first-order valence-electron chi connectivity index (χ1n) is 5.05. The summed E-state index contributed by atoms with van der Waals surface area (Å²) >= 11 is 29.6. The summed E-state index contributed by atoms with van der Waals surface area (Å²) in [6, 6.07) is 2.88. The normalized spacial score (nSPS) is 10.7. The van der Waals surface area contributed by atoms with E-state index in [0.717, 1.165) is 0 Å². The van der Waals surface area contributed by atoms with Crippen LogP contribution in [0.2, 0.25) is 25.1 Å². The van der Waals surface area contributed by atoms with Gasteiger partial charge in [0.2, 0.25) is 0 Å². The van der Waals surface area contributed by atoms with E-state index >= 15 is 0 Å². The molecule has 0 spiro atoms. The van der Waals surface area contributed by atoms with Gasteiger partial charge in [0.15, 0.2) is 0 Å². The van der Waals surface area contributed by atoms with Gasteiger partial charge in [-0.05, 0) is 12.1 Å². The predicted octanol–water partition coefficient (Wildman–Crippen LogP) is 5.71. The molecule has 0 saturated carbocycles. The molecular weight excluding hydrogens is 367 g/mol. The van der Waals surface area contributed by atoms with Crippen molar-refractivity contribution >= 4 is 64.0 Å². The second kappa shape index (κ2) is 5.96. The van der Waals surface area contributed by atoms with Crippen LogP contribution in [0.3, 0.4) is 0 Å². The van der Waals surface area contributed by atoms with E-state index in [-0.39, 0.29) is 36.4 Å². The molecule has 0 radical (unpaired) electrons. The molecule has 104 valence electrons. The predicted molar refractivity (Wildman–Crippen MR) is 81.7 cm³/mol. The van der Waals surface area contributed by atoms with E-state index in [1.54, 1.807) is 0 Å². The Kier molecular flexibility index (Phi) is 4.67. The zero-order valence-corrected chi connectivity index (χ0v) is 13.2. The van der Waals surface area contributed by atoms with E-state index in [1.807, 2.05) is 0 Å². The van der Waals surface area contributed by atoms with E-state index in [4.69, 9.17) is 63.1 Å². The number of carboxylic acids is 1. The zero-order valence-electron chi connectivity index (χ0n) is 9.42. The fourth-order valence-corrected chi connectivity index (χ4v) is 2.80. The lowest BCUT2D eigenvalue weighted by Gasteiger charge is -2.10. The van der Waals surface area contributed by atoms with Gasteiger partial charge in [-0.3, -0.25) is 4.98 Å². The molecule has 20 heavy (non-hydrogen) atoms. The molecule has 0 atom stereocenters. The minimum atomic E-state index is -1.26. The van der Waals surface area contributed by atoms with Crippen LogP contribution in [0.25, 0.3) is 11.3 Å². The number of benzene rings is 1. The molecular formula is C12H4Cl5NO2. The maximum absolute atomic E-state index is 11.2. The van der Waals surface area contributed by atoms with Gasteiger partial charge >= 0.3 is 5.97 Å². The molecule has 3 nitrogen and oxygen atoms in total. The minimum Gasteiger partial charge on any atom is -0.478 e. The molecule has 0 bridgehead atoms. The Balaban J connectivity index is 2.74. The smallest absolute Gasteiger partial charge is 0.338 e. The minimum absolute atomic E-state index is 0.0672. The molecule has 1 aromatic carbocycles. The molecule has 0 unspecified atom stereocenters. The summed E-state index contributed by atoms with van der Waals surface area (Å²) in [7, 11) is 0. The number of halogens is 5. The van der Waals surface area contributed by atoms with Gasteiger partial charge in [0, 0.05) is 11.8 Å². The van der Waals surface area contributed by atoms with Crippen molar-refractivity contribution in [1.29, 1.82) is 0 Å². The van der Waals surface area contributed by atoms with Crippen molar-refractivity contribution < 1.29 is 9.90 Å². The number of carbonyl (C=O) groups is 1. The molecule has 8 heteroatoms. The van der Waals surface area contributed by atoms with Crippen LogP contribution in [0.5, 0.6) is 0 Å². The van der Waals surface area contributed by atoms with E-state index in [0.29, 0.717) is 5.56 Å². The SMILES string of the molecule is O=C(O)c1c(Cl)cnc(-c2cc(Cl)c(Cl)cc2Cl)c1Cl. The third kappa shape index (κ3) is 2.83. The molecule has 0 saturated heterocycles. The molecule has 0 aliphatic heterocycles. The van der Waals surface area contributed by atoms with Gasteiger partial charge in [-0.25, -0.2) is 4.79 Å². The van der Waals surface area contributed by atoms with Gasteiger partial charge < -0.3 is 5.11 Å². The Morgan fingerprint density at radius 1 is 0.950 bits per heavy atom. The lowest BCUT2D eigenvalue weighted by molar-refractivity contribution is 0.0697. The second-order valence-corrected chi connectivity index (χ2v) is 5.70. The van der Waals surface area contributed by atoms with Crippen molar-refractivity contribution in [3.8, 4) is 11.3 Å². The van der Waals surface area contributed by atoms with Gasteiger partial charge in [-0.2, -0.15) is 0 Å². The van der Waals surface area contributed by atoms with E-state index < -0.39 is 5.97 Å². The standard InChI is InChI=1S/C12H4Cl5NO2/c13-5-2-7(15)6(14)1-4(5)11-10(17)9(12(19)20)8(16)3-18-11/h1-3H,(H,19,20). The highest BCUT2D eigenvalue weighted by molar-refractivity contribution is 6.45. The Morgan fingerprint density at radius 2 is 1.55 bits per heavy atom. The van der Waals surface area contributed by atoms with Crippen molar-refractivity contribution in [2.45, 2.75) is 0 Å². The largest absolute Gasteiger partial charge is 0.478 e. The number of aromatic carboxylic acids is 1. The summed E-state index contributed by atoms with van der Waals surface area (Å²) in [6.45, 7) is 0. The molecule has 1 aromatic heterocycles. The van der Waals surface area contributed by atoms with Crippen LogP contribution < -0.4 is 0 Å². The number of nitrogens with zero attached hydrogens (tertiary/aromatic N) is 1. The topological polar surface area (TPSA) is 50.2 Å². The fourth-order valence-electron chi connectivity index (χ4n) is 1.55. The summed E-state index contributed by atoms with van der Waals surface area (Å²) in [5, 5.41) is 9.68. The van der Waals surface area contributed by atoms with Crippen LogP contribution in [0, 0.1) is 0 Å².